The number of thioether (sulfide) groups is 1. The lowest BCUT2D eigenvalue weighted by Gasteiger charge is -1.95. The van der Waals surface area contributed by atoms with Crippen molar-refractivity contribution in [1.29, 1.82) is 0 Å². The summed E-state index contributed by atoms with van der Waals surface area (Å²) in [5, 5.41) is 9.47. The molecule has 15 heavy (non-hydrogen) atoms. The normalized spacial score (nSPS) is 10.5. The molecule has 0 bridgehead atoms. The Labute approximate surface area is 107 Å². The van der Waals surface area contributed by atoms with E-state index in [9.17, 15) is 4.79 Å². The number of nitrogens with zero attached hydrogens (tertiary/aromatic N) is 2. The molecule has 0 aliphatic rings. The van der Waals surface area contributed by atoms with Crippen molar-refractivity contribution in [3.05, 3.63) is 26.3 Å². The molecule has 0 saturated heterocycles. The van der Waals surface area contributed by atoms with Gasteiger partial charge < -0.3 is 0 Å². The molecule has 2 rings (SSSR count). The fourth-order valence-corrected chi connectivity index (χ4v) is 3.90. The molecule has 0 fully saturated rings. The minimum atomic E-state index is 0.122. The highest BCUT2D eigenvalue weighted by molar-refractivity contribution is 9.10. The van der Waals surface area contributed by atoms with Gasteiger partial charge in [0.15, 0.2) is 10.1 Å². The first-order valence-electron chi connectivity index (χ1n) is 3.92. The lowest BCUT2D eigenvalue weighted by atomic mass is 10.3. The number of carbonyl (C=O) groups is 1. The Hall–Kier alpha value is -0.240. The number of halogens is 1. The summed E-state index contributed by atoms with van der Waals surface area (Å²) in [6.45, 7) is 0. The second kappa shape index (κ2) is 5.20. The molecule has 0 aliphatic heterocycles. The summed E-state index contributed by atoms with van der Waals surface area (Å²) >= 11 is 7.66. The van der Waals surface area contributed by atoms with E-state index in [1.165, 1.54) is 34.4 Å². The number of thiophene rings is 1. The van der Waals surface area contributed by atoms with Crippen molar-refractivity contribution in [3.8, 4) is 0 Å². The summed E-state index contributed by atoms with van der Waals surface area (Å²) in [5.74, 6) is 0.533. The monoisotopic (exact) mass is 320 g/mol. The highest BCUT2D eigenvalue weighted by Crippen LogP contribution is 2.26. The topological polar surface area (TPSA) is 42.9 Å². The SMILES string of the molecule is O=C(CSc1nncs1)c1sccc1Br. The van der Waals surface area contributed by atoms with Crippen molar-refractivity contribution in [2.45, 2.75) is 4.34 Å². The minimum Gasteiger partial charge on any atom is -0.292 e. The van der Waals surface area contributed by atoms with Crippen LogP contribution in [0.4, 0.5) is 0 Å². The maximum Gasteiger partial charge on any atom is 0.184 e. The van der Waals surface area contributed by atoms with Crippen molar-refractivity contribution in [3.63, 3.8) is 0 Å². The van der Waals surface area contributed by atoms with Crippen molar-refractivity contribution in [2.75, 3.05) is 5.75 Å². The summed E-state index contributed by atoms with van der Waals surface area (Å²) in [6.07, 6.45) is 0. The van der Waals surface area contributed by atoms with Crippen LogP contribution in [0.5, 0.6) is 0 Å². The molecule has 0 aromatic carbocycles. The Balaban J connectivity index is 1.96. The fourth-order valence-electron chi connectivity index (χ4n) is 0.911. The van der Waals surface area contributed by atoms with Gasteiger partial charge in [-0.25, -0.2) is 0 Å². The maximum absolute atomic E-state index is 11.7. The highest BCUT2D eigenvalue weighted by Gasteiger charge is 2.12. The average molecular weight is 321 g/mol. The number of ketones is 1. The fraction of sp³-hybridized carbons (Fsp3) is 0.125. The van der Waals surface area contributed by atoms with Gasteiger partial charge in [-0.05, 0) is 27.4 Å². The van der Waals surface area contributed by atoms with Crippen LogP contribution in [0.25, 0.3) is 0 Å². The first-order chi connectivity index (χ1) is 7.27. The molecule has 78 valence electrons. The second-order valence-electron chi connectivity index (χ2n) is 2.51. The van der Waals surface area contributed by atoms with Crippen LogP contribution in [0.1, 0.15) is 9.67 Å². The molecule has 2 aromatic rings. The molecule has 0 N–H and O–H groups in total. The van der Waals surface area contributed by atoms with E-state index >= 15 is 0 Å². The van der Waals surface area contributed by atoms with E-state index < -0.39 is 0 Å². The molecule has 7 heteroatoms. The lowest BCUT2D eigenvalue weighted by Crippen LogP contribution is -1.99. The van der Waals surface area contributed by atoms with E-state index in [4.69, 9.17) is 0 Å². The van der Waals surface area contributed by atoms with Crippen molar-refractivity contribution in [2.24, 2.45) is 0 Å². The Morgan fingerprint density at radius 1 is 1.53 bits per heavy atom. The zero-order valence-corrected chi connectivity index (χ0v) is 11.4. The predicted octanol–water partition coefficient (Wildman–Crippen LogP) is 3.34. The number of hydrogen-bond donors (Lipinski definition) is 0. The number of rotatable bonds is 4. The summed E-state index contributed by atoms with van der Waals surface area (Å²) in [4.78, 5) is 12.5. The third kappa shape index (κ3) is 2.87. The van der Waals surface area contributed by atoms with E-state index in [1.807, 2.05) is 11.4 Å². The summed E-state index contributed by atoms with van der Waals surface area (Å²) in [5.41, 5.74) is 1.66. The third-order valence-electron chi connectivity index (χ3n) is 1.54. The van der Waals surface area contributed by atoms with Gasteiger partial charge in [0.05, 0.1) is 10.6 Å². The van der Waals surface area contributed by atoms with Gasteiger partial charge in [0.2, 0.25) is 0 Å². The molecule has 3 nitrogen and oxygen atoms in total. The highest BCUT2D eigenvalue weighted by atomic mass is 79.9. The molecular weight excluding hydrogens is 316 g/mol. The van der Waals surface area contributed by atoms with E-state index in [0.29, 0.717) is 5.75 Å². The number of Topliss-reactive ketones (excluding diaryl/α,β-unsaturated/α-hetero) is 1. The third-order valence-corrected chi connectivity index (χ3v) is 5.28. The molecule has 0 amide bonds. The molecule has 0 saturated carbocycles. The summed E-state index contributed by atoms with van der Waals surface area (Å²) in [6, 6.07) is 1.88. The van der Waals surface area contributed by atoms with Crippen LogP contribution in [0, 0.1) is 0 Å². The van der Waals surface area contributed by atoms with Gasteiger partial charge in [-0.1, -0.05) is 23.1 Å². The number of aromatic nitrogens is 2. The average Bonchev–Trinajstić information content (AvgIpc) is 2.84. The molecule has 0 unspecified atom stereocenters. The van der Waals surface area contributed by atoms with Crippen molar-refractivity contribution < 1.29 is 4.79 Å². The zero-order valence-electron chi connectivity index (χ0n) is 7.34. The Morgan fingerprint density at radius 3 is 3.00 bits per heavy atom. The minimum absolute atomic E-state index is 0.122. The summed E-state index contributed by atoms with van der Waals surface area (Å²) < 4.78 is 1.70. The van der Waals surface area contributed by atoms with Gasteiger partial charge in [0.1, 0.15) is 5.51 Å². The van der Waals surface area contributed by atoms with Crippen molar-refractivity contribution >= 4 is 56.1 Å². The van der Waals surface area contributed by atoms with Crippen LogP contribution in [0.2, 0.25) is 0 Å². The van der Waals surface area contributed by atoms with Gasteiger partial charge in [-0.15, -0.1) is 21.5 Å². The van der Waals surface area contributed by atoms with Gasteiger partial charge in [-0.2, -0.15) is 0 Å². The summed E-state index contributed by atoms with van der Waals surface area (Å²) in [7, 11) is 0. The van der Waals surface area contributed by atoms with Crippen LogP contribution in [-0.2, 0) is 0 Å². The van der Waals surface area contributed by atoms with Gasteiger partial charge >= 0.3 is 0 Å². The van der Waals surface area contributed by atoms with E-state index in [2.05, 4.69) is 26.1 Å². The smallest absolute Gasteiger partial charge is 0.184 e. The van der Waals surface area contributed by atoms with Crippen LogP contribution in [0.15, 0.2) is 25.8 Å². The zero-order chi connectivity index (χ0) is 10.7. The van der Waals surface area contributed by atoms with Crippen LogP contribution in [-0.4, -0.2) is 21.7 Å². The molecule has 0 atom stereocenters. The lowest BCUT2D eigenvalue weighted by molar-refractivity contribution is 0.102. The molecular formula is C8H5BrN2OS3. The number of carbonyl (C=O) groups excluding carboxylic acids is 1. The molecule has 0 aliphatic carbocycles. The van der Waals surface area contributed by atoms with Gasteiger partial charge in [0, 0.05) is 4.47 Å². The Bertz CT molecular complexity index is 454. The van der Waals surface area contributed by atoms with Crippen LogP contribution >= 0.6 is 50.4 Å². The van der Waals surface area contributed by atoms with Gasteiger partial charge in [-0.3, -0.25) is 4.79 Å². The van der Waals surface area contributed by atoms with Gasteiger partial charge in [0.25, 0.3) is 0 Å². The Morgan fingerprint density at radius 2 is 2.40 bits per heavy atom. The Kier molecular flexibility index (Phi) is 3.90. The maximum atomic E-state index is 11.7. The predicted molar refractivity (Wildman–Crippen MR) is 67.0 cm³/mol. The standard InChI is InChI=1S/C8H5BrN2OS3/c9-5-1-2-13-7(5)6(12)3-14-8-11-10-4-15-8/h1-2,4H,3H2. The molecule has 0 radical (unpaired) electrons. The van der Waals surface area contributed by atoms with E-state index in [1.54, 1.807) is 5.51 Å². The molecule has 0 spiro atoms. The second-order valence-corrected chi connectivity index (χ2v) is 6.34. The number of hydrogen-bond acceptors (Lipinski definition) is 6. The van der Waals surface area contributed by atoms with E-state index in [-0.39, 0.29) is 5.78 Å². The molecule has 2 heterocycles. The first kappa shape index (κ1) is 11.3. The van der Waals surface area contributed by atoms with Crippen LogP contribution < -0.4 is 0 Å². The van der Waals surface area contributed by atoms with Crippen LogP contribution in [0.3, 0.4) is 0 Å². The molecule has 2 aromatic heterocycles. The van der Waals surface area contributed by atoms with E-state index in [0.717, 1.165) is 13.7 Å². The van der Waals surface area contributed by atoms with Crippen molar-refractivity contribution in [1.82, 2.24) is 10.2 Å². The first-order valence-corrected chi connectivity index (χ1v) is 7.46. The quantitative estimate of drug-likeness (QED) is 0.640. The largest absolute Gasteiger partial charge is 0.292 e.